The van der Waals surface area contributed by atoms with Crippen LogP contribution in [0.1, 0.15) is 18.6 Å². The molecule has 1 heterocycles. The summed E-state index contributed by atoms with van der Waals surface area (Å²) in [6, 6.07) is 15.5. The molecule has 1 N–H and O–H groups in total. The Balaban J connectivity index is 1.91. The third kappa shape index (κ3) is 3.23. The lowest BCUT2D eigenvalue weighted by atomic mass is 10.1. The van der Waals surface area contributed by atoms with Gasteiger partial charge in [0.25, 0.3) is 0 Å². The molecule has 0 saturated carbocycles. The highest BCUT2D eigenvalue weighted by molar-refractivity contribution is 9.10. The fraction of sp³-hybridized carbons (Fsp3) is 0.118. The van der Waals surface area contributed by atoms with E-state index in [2.05, 4.69) is 27.0 Å². The molecule has 0 amide bonds. The molecule has 3 aromatic rings. The van der Waals surface area contributed by atoms with Crippen molar-refractivity contribution in [1.29, 1.82) is 0 Å². The fourth-order valence-electron chi connectivity index (χ4n) is 2.12. The second-order valence-electron chi connectivity index (χ2n) is 4.86. The molecule has 0 aliphatic heterocycles. The Morgan fingerprint density at radius 3 is 2.62 bits per heavy atom. The van der Waals surface area contributed by atoms with Crippen LogP contribution in [-0.4, -0.2) is 10.1 Å². The van der Waals surface area contributed by atoms with E-state index in [4.69, 9.17) is 4.74 Å². The van der Waals surface area contributed by atoms with Gasteiger partial charge in [-0.25, -0.2) is 4.98 Å². The average Bonchev–Trinajstić information content (AvgIpc) is 2.48. The Labute approximate surface area is 131 Å². The molecule has 0 radical (unpaired) electrons. The highest BCUT2D eigenvalue weighted by atomic mass is 79.9. The Hall–Kier alpha value is -1.91. The van der Waals surface area contributed by atoms with Gasteiger partial charge < -0.3 is 9.84 Å². The predicted octanol–water partition coefficient (Wildman–Crippen LogP) is 4.84. The van der Waals surface area contributed by atoms with Gasteiger partial charge in [0.2, 0.25) is 5.88 Å². The molecular weight excluding hydrogens is 330 g/mol. The van der Waals surface area contributed by atoms with Crippen LogP contribution in [0.15, 0.2) is 59.2 Å². The van der Waals surface area contributed by atoms with E-state index in [1.807, 2.05) is 30.3 Å². The quantitative estimate of drug-likeness (QED) is 0.739. The van der Waals surface area contributed by atoms with Crippen molar-refractivity contribution >= 4 is 26.7 Å². The number of hydrogen-bond donors (Lipinski definition) is 1. The zero-order chi connectivity index (χ0) is 14.8. The molecule has 4 heteroatoms. The number of aromatic nitrogens is 1. The van der Waals surface area contributed by atoms with Crippen LogP contribution in [0.25, 0.3) is 10.8 Å². The minimum atomic E-state index is -0.538. The lowest BCUT2D eigenvalue weighted by Crippen LogP contribution is -1.94. The first-order valence-corrected chi connectivity index (χ1v) is 7.42. The second kappa shape index (κ2) is 5.84. The molecule has 3 nitrogen and oxygen atoms in total. The molecule has 2 aromatic carbocycles. The summed E-state index contributed by atoms with van der Waals surface area (Å²) in [4.78, 5) is 4.17. The minimum absolute atomic E-state index is 0.477. The van der Waals surface area contributed by atoms with Crippen LogP contribution in [0, 0.1) is 0 Å². The van der Waals surface area contributed by atoms with Crippen LogP contribution in [0.5, 0.6) is 11.6 Å². The van der Waals surface area contributed by atoms with Gasteiger partial charge in [0.05, 0.1) is 6.10 Å². The highest BCUT2D eigenvalue weighted by Gasteiger charge is 2.05. The van der Waals surface area contributed by atoms with Gasteiger partial charge in [0.1, 0.15) is 5.75 Å². The number of pyridine rings is 1. The van der Waals surface area contributed by atoms with Crippen molar-refractivity contribution in [1.82, 2.24) is 4.98 Å². The van der Waals surface area contributed by atoms with E-state index in [1.54, 1.807) is 25.3 Å². The number of nitrogens with zero attached hydrogens (tertiary/aromatic N) is 1. The smallest absolute Gasteiger partial charge is 0.219 e. The Morgan fingerprint density at radius 2 is 1.81 bits per heavy atom. The Bertz CT molecular complexity index is 787. The summed E-state index contributed by atoms with van der Waals surface area (Å²) in [5, 5.41) is 11.8. The number of ether oxygens (including phenoxy) is 1. The topological polar surface area (TPSA) is 42.4 Å². The van der Waals surface area contributed by atoms with Gasteiger partial charge >= 0.3 is 0 Å². The van der Waals surface area contributed by atoms with Gasteiger partial charge in [0, 0.05) is 16.7 Å². The molecule has 0 saturated heterocycles. The molecule has 1 atom stereocenters. The first-order chi connectivity index (χ1) is 10.1. The van der Waals surface area contributed by atoms with E-state index >= 15 is 0 Å². The summed E-state index contributed by atoms with van der Waals surface area (Å²) < 4.78 is 6.82. The molecule has 0 aliphatic carbocycles. The summed E-state index contributed by atoms with van der Waals surface area (Å²) in [5.41, 5.74) is 0.782. The van der Waals surface area contributed by atoms with Crippen LogP contribution >= 0.6 is 15.9 Å². The van der Waals surface area contributed by atoms with E-state index in [0.29, 0.717) is 5.88 Å². The van der Waals surface area contributed by atoms with Crippen molar-refractivity contribution in [3.63, 3.8) is 0 Å². The third-order valence-electron chi connectivity index (χ3n) is 3.24. The van der Waals surface area contributed by atoms with Crippen molar-refractivity contribution in [3.05, 3.63) is 64.8 Å². The third-order valence-corrected chi connectivity index (χ3v) is 3.73. The molecular formula is C17H14BrNO2. The maximum atomic E-state index is 9.59. The molecule has 1 aromatic heterocycles. The monoisotopic (exact) mass is 343 g/mol. The van der Waals surface area contributed by atoms with Crippen LogP contribution in [0.2, 0.25) is 0 Å². The van der Waals surface area contributed by atoms with Crippen molar-refractivity contribution in [2.75, 3.05) is 0 Å². The molecule has 21 heavy (non-hydrogen) atoms. The normalized spacial score (nSPS) is 12.3. The summed E-state index contributed by atoms with van der Waals surface area (Å²) in [5.74, 6) is 1.20. The second-order valence-corrected chi connectivity index (χ2v) is 5.77. The number of benzene rings is 2. The molecule has 106 valence electrons. The Kier molecular flexibility index (Phi) is 3.90. The minimum Gasteiger partial charge on any atom is -0.439 e. The zero-order valence-electron chi connectivity index (χ0n) is 11.5. The summed E-state index contributed by atoms with van der Waals surface area (Å²) in [7, 11) is 0. The molecule has 0 bridgehead atoms. The van der Waals surface area contributed by atoms with E-state index in [-0.39, 0.29) is 0 Å². The number of hydrogen-bond acceptors (Lipinski definition) is 3. The van der Waals surface area contributed by atoms with Gasteiger partial charge in [0.15, 0.2) is 0 Å². The summed E-state index contributed by atoms with van der Waals surface area (Å²) >= 11 is 3.46. The largest absolute Gasteiger partial charge is 0.439 e. The number of rotatable bonds is 3. The van der Waals surface area contributed by atoms with Crippen LogP contribution in [-0.2, 0) is 0 Å². The van der Waals surface area contributed by atoms with E-state index in [1.165, 1.54) is 0 Å². The lowest BCUT2D eigenvalue weighted by Gasteiger charge is -2.09. The fourth-order valence-corrected chi connectivity index (χ4v) is 2.50. The van der Waals surface area contributed by atoms with Crippen LogP contribution < -0.4 is 4.74 Å². The number of fused-ring (bicyclic) bond motifs is 1. The van der Waals surface area contributed by atoms with Crippen molar-refractivity contribution in [3.8, 4) is 11.6 Å². The van der Waals surface area contributed by atoms with Gasteiger partial charge in [-0.1, -0.05) is 28.1 Å². The summed E-state index contributed by atoms with van der Waals surface area (Å²) in [6.07, 6.45) is 1.10. The molecule has 3 rings (SSSR count). The molecule has 1 unspecified atom stereocenters. The van der Waals surface area contributed by atoms with Crippen molar-refractivity contribution in [2.45, 2.75) is 13.0 Å². The first kappa shape index (κ1) is 14.0. The van der Waals surface area contributed by atoms with E-state index < -0.39 is 6.10 Å². The maximum Gasteiger partial charge on any atom is 0.219 e. The van der Waals surface area contributed by atoms with Gasteiger partial charge in [-0.05, 0) is 53.6 Å². The summed E-state index contributed by atoms with van der Waals surface area (Å²) in [6.45, 7) is 1.72. The average molecular weight is 344 g/mol. The zero-order valence-corrected chi connectivity index (χ0v) is 13.0. The molecule has 0 fully saturated rings. The number of aliphatic hydroxyl groups excluding tert-OH is 1. The van der Waals surface area contributed by atoms with Crippen molar-refractivity contribution < 1.29 is 9.84 Å². The Morgan fingerprint density at radius 1 is 1.05 bits per heavy atom. The maximum absolute atomic E-state index is 9.59. The molecule has 0 spiro atoms. The lowest BCUT2D eigenvalue weighted by molar-refractivity contribution is 0.198. The van der Waals surface area contributed by atoms with Gasteiger partial charge in [-0.2, -0.15) is 0 Å². The van der Waals surface area contributed by atoms with E-state index in [9.17, 15) is 5.11 Å². The van der Waals surface area contributed by atoms with Crippen LogP contribution in [0.4, 0.5) is 0 Å². The molecule has 0 aliphatic rings. The van der Waals surface area contributed by atoms with Crippen LogP contribution in [0.3, 0.4) is 0 Å². The van der Waals surface area contributed by atoms with Gasteiger partial charge in [-0.15, -0.1) is 0 Å². The predicted molar refractivity (Wildman–Crippen MR) is 86.6 cm³/mol. The highest BCUT2D eigenvalue weighted by Crippen LogP contribution is 2.27. The SMILES string of the molecule is CC(O)c1ccnc(Oc2ccc3cc(Br)ccc3c2)c1. The van der Waals surface area contributed by atoms with Crippen molar-refractivity contribution in [2.24, 2.45) is 0 Å². The standard InChI is InChI=1S/C17H14BrNO2/c1-11(20)12-6-7-19-17(10-12)21-16-5-3-13-8-15(18)4-2-14(13)9-16/h2-11,20H,1H3. The first-order valence-electron chi connectivity index (χ1n) is 6.63. The van der Waals surface area contributed by atoms with E-state index in [0.717, 1.165) is 26.6 Å². The number of halogens is 1. The van der Waals surface area contributed by atoms with Gasteiger partial charge in [-0.3, -0.25) is 0 Å². The number of aliphatic hydroxyl groups is 1.